The molecule has 1 heterocycles. The van der Waals surface area contributed by atoms with E-state index in [-0.39, 0.29) is 4.90 Å². The van der Waals surface area contributed by atoms with Crippen LogP contribution in [0.4, 0.5) is 0 Å². The lowest BCUT2D eigenvalue weighted by Crippen LogP contribution is -2.25. The van der Waals surface area contributed by atoms with Gasteiger partial charge in [0.2, 0.25) is 10.0 Å². The minimum atomic E-state index is -3.44. The summed E-state index contributed by atoms with van der Waals surface area (Å²) in [5.41, 5.74) is 0. The topological polar surface area (TPSA) is 79.3 Å². The van der Waals surface area contributed by atoms with E-state index in [0.29, 0.717) is 13.1 Å². The molecule has 0 amide bonds. The Morgan fingerprint density at radius 2 is 2.05 bits per heavy atom. The molecule has 8 heteroatoms. The highest BCUT2D eigenvalue weighted by Gasteiger charge is 2.15. The summed E-state index contributed by atoms with van der Waals surface area (Å²) in [6, 6.07) is 0. The lowest BCUT2D eigenvalue weighted by molar-refractivity contribution is 0.394. The summed E-state index contributed by atoms with van der Waals surface area (Å²) in [5, 5.41) is 7.24. The number of rotatable bonds is 11. The number of hydrogen-bond acceptors (Lipinski definition) is 5. The molecule has 1 aromatic rings. The lowest BCUT2D eigenvalue weighted by Gasteiger charge is -2.09. The fraction of sp³-hybridized carbons (Fsp3) is 0.769. The maximum atomic E-state index is 12.1. The van der Waals surface area contributed by atoms with E-state index in [9.17, 15) is 8.42 Å². The smallest absolute Gasteiger partial charge is 0.243 e. The van der Waals surface area contributed by atoms with Crippen LogP contribution < -0.4 is 10.0 Å². The summed E-state index contributed by atoms with van der Waals surface area (Å²) in [5.74, 6) is 0. The summed E-state index contributed by atoms with van der Waals surface area (Å²) >= 11 is 0. The van der Waals surface area contributed by atoms with Crippen LogP contribution in [0.3, 0.4) is 0 Å². The molecule has 0 fully saturated rings. The Balaban J connectivity index is 2.39. The normalized spacial score (nSPS) is 12.2. The van der Waals surface area contributed by atoms with Crippen molar-refractivity contribution in [2.24, 2.45) is 0 Å². The van der Waals surface area contributed by atoms with Gasteiger partial charge in [0.1, 0.15) is 4.90 Å². The number of likely N-dealkylation sites (N-methyl/N-ethyl adjacent to an activating group) is 1. The van der Waals surface area contributed by atoms with E-state index in [4.69, 9.17) is 0 Å². The van der Waals surface area contributed by atoms with Crippen molar-refractivity contribution in [3.63, 3.8) is 0 Å². The third kappa shape index (κ3) is 7.03. The molecule has 2 N–H and O–H groups in total. The highest BCUT2D eigenvalue weighted by molar-refractivity contribution is 7.89. The van der Waals surface area contributed by atoms with E-state index >= 15 is 0 Å². The van der Waals surface area contributed by atoms with Crippen molar-refractivity contribution in [2.45, 2.75) is 31.2 Å². The van der Waals surface area contributed by atoms with Crippen molar-refractivity contribution in [3.05, 3.63) is 12.4 Å². The number of unbranched alkanes of at least 4 members (excludes halogenated alkanes) is 1. The molecule has 7 nitrogen and oxygen atoms in total. The van der Waals surface area contributed by atoms with Crippen LogP contribution >= 0.6 is 0 Å². The van der Waals surface area contributed by atoms with Crippen molar-refractivity contribution in [3.8, 4) is 0 Å². The zero-order chi connectivity index (χ0) is 15.7. The summed E-state index contributed by atoms with van der Waals surface area (Å²) in [4.78, 5) is 2.31. The average molecular weight is 317 g/mol. The van der Waals surface area contributed by atoms with Gasteiger partial charge in [-0.25, -0.2) is 13.1 Å². The van der Waals surface area contributed by atoms with Crippen LogP contribution in [0.1, 0.15) is 19.8 Å². The van der Waals surface area contributed by atoms with Gasteiger partial charge in [-0.1, -0.05) is 6.92 Å². The number of nitrogens with zero attached hydrogens (tertiary/aromatic N) is 3. The molecule has 0 aliphatic heterocycles. The molecule has 0 saturated carbocycles. The van der Waals surface area contributed by atoms with Crippen molar-refractivity contribution < 1.29 is 8.42 Å². The number of nitrogens with one attached hydrogen (secondary N) is 2. The van der Waals surface area contributed by atoms with Gasteiger partial charge in [-0.2, -0.15) is 5.10 Å². The van der Waals surface area contributed by atoms with Crippen LogP contribution in [0, 0.1) is 0 Å². The van der Waals surface area contributed by atoms with Crippen molar-refractivity contribution in [1.82, 2.24) is 24.7 Å². The van der Waals surface area contributed by atoms with E-state index in [0.717, 1.165) is 32.5 Å². The van der Waals surface area contributed by atoms with Crippen molar-refractivity contribution in [2.75, 3.05) is 40.3 Å². The first-order valence-electron chi connectivity index (χ1n) is 7.33. The quantitative estimate of drug-likeness (QED) is 0.567. The Morgan fingerprint density at radius 1 is 1.29 bits per heavy atom. The van der Waals surface area contributed by atoms with Gasteiger partial charge in [0.15, 0.2) is 0 Å². The standard InChI is InChI=1S/C13H27N5O2S/c1-4-14-8-10-18-12-13(11-15-18)21(19,20)16-7-5-6-9-17(2)3/h11-12,14,16H,4-10H2,1-3H3. The van der Waals surface area contributed by atoms with E-state index < -0.39 is 10.0 Å². The molecular weight excluding hydrogens is 290 g/mol. The summed E-state index contributed by atoms with van der Waals surface area (Å²) < 4.78 is 28.4. The molecule has 0 aromatic carbocycles. The van der Waals surface area contributed by atoms with E-state index in [1.165, 1.54) is 6.20 Å². The van der Waals surface area contributed by atoms with Crippen LogP contribution in [-0.2, 0) is 16.6 Å². The van der Waals surface area contributed by atoms with Gasteiger partial charge < -0.3 is 10.2 Å². The summed E-state index contributed by atoms with van der Waals surface area (Å²) in [6.07, 6.45) is 4.76. The molecule has 1 aromatic heterocycles. The fourth-order valence-electron chi connectivity index (χ4n) is 1.82. The predicted molar refractivity (Wildman–Crippen MR) is 83.7 cm³/mol. The van der Waals surface area contributed by atoms with Gasteiger partial charge in [-0.15, -0.1) is 0 Å². The third-order valence-electron chi connectivity index (χ3n) is 3.01. The van der Waals surface area contributed by atoms with Gasteiger partial charge in [-0.3, -0.25) is 4.68 Å². The second-order valence-electron chi connectivity index (χ2n) is 5.20. The molecule has 122 valence electrons. The molecule has 0 radical (unpaired) electrons. The first-order chi connectivity index (χ1) is 9.95. The van der Waals surface area contributed by atoms with Gasteiger partial charge in [-0.05, 0) is 40.0 Å². The molecular formula is C13H27N5O2S. The van der Waals surface area contributed by atoms with Crippen LogP contribution in [0.5, 0.6) is 0 Å². The largest absolute Gasteiger partial charge is 0.315 e. The molecule has 0 unspecified atom stereocenters. The molecule has 0 spiro atoms. The van der Waals surface area contributed by atoms with E-state index in [1.54, 1.807) is 10.9 Å². The Bertz CT molecular complexity index is 498. The predicted octanol–water partition coefficient (Wildman–Crippen LogP) is 0.113. The SMILES string of the molecule is CCNCCn1cc(S(=O)(=O)NCCCCN(C)C)cn1. The molecule has 0 atom stereocenters. The van der Waals surface area contributed by atoms with Gasteiger partial charge in [0, 0.05) is 19.3 Å². The summed E-state index contributed by atoms with van der Waals surface area (Å²) in [7, 11) is 0.574. The van der Waals surface area contributed by atoms with Gasteiger partial charge in [0.05, 0.1) is 12.7 Å². The lowest BCUT2D eigenvalue weighted by atomic mass is 10.3. The maximum Gasteiger partial charge on any atom is 0.243 e. The van der Waals surface area contributed by atoms with Gasteiger partial charge >= 0.3 is 0 Å². The minimum absolute atomic E-state index is 0.228. The van der Waals surface area contributed by atoms with Crippen molar-refractivity contribution >= 4 is 10.0 Å². The summed E-state index contributed by atoms with van der Waals surface area (Å²) in [6.45, 7) is 5.77. The second kappa shape index (κ2) is 9.14. The zero-order valence-corrected chi connectivity index (χ0v) is 14.0. The Morgan fingerprint density at radius 3 is 2.71 bits per heavy atom. The molecule has 0 bridgehead atoms. The Labute approximate surface area is 127 Å². The van der Waals surface area contributed by atoms with Crippen LogP contribution in [0.2, 0.25) is 0 Å². The molecule has 0 aliphatic carbocycles. The molecule has 0 saturated heterocycles. The van der Waals surface area contributed by atoms with E-state index in [2.05, 4.69) is 20.0 Å². The van der Waals surface area contributed by atoms with Crippen LogP contribution in [-0.4, -0.2) is 63.4 Å². The Hall–Kier alpha value is -0.960. The Kier molecular flexibility index (Phi) is 7.87. The van der Waals surface area contributed by atoms with Crippen LogP contribution in [0.15, 0.2) is 17.3 Å². The first-order valence-corrected chi connectivity index (χ1v) is 8.81. The fourth-order valence-corrected chi connectivity index (χ4v) is 2.85. The number of aromatic nitrogens is 2. The zero-order valence-electron chi connectivity index (χ0n) is 13.2. The van der Waals surface area contributed by atoms with Gasteiger partial charge in [0.25, 0.3) is 0 Å². The average Bonchev–Trinajstić information content (AvgIpc) is 2.88. The number of hydrogen-bond donors (Lipinski definition) is 2. The molecule has 0 aliphatic rings. The number of sulfonamides is 1. The molecule has 21 heavy (non-hydrogen) atoms. The second-order valence-corrected chi connectivity index (χ2v) is 6.97. The minimum Gasteiger partial charge on any atom is -0.315 e. The highest BCUT2D eigenvalue weighted by atomic mass is 32.2. The molecule has 1 rings (SSSR count). The third-order valence-corrected chi connectivity index (χ3v) is 4.43. The van der Waals surface area contributed by atoms with Crippen molar-refractivity contribution in [1.29, 1.82) is 0 Å². The van der Waals surface area contributed by atoms with Crippen LogP contribution in [0.25, 0.3) is 0 Å². The van der Waals surface area contributed by atoms with E-state index in [1.807, 2.05) is 21.0 Å². The first kappa shape index (κ1) is 18.1. The maximum absolute atomic E-state index is 12.1. The highest BCUT2D eigenvalue weighted by Crippen LogP contribution is 2.06. The monoisotopic (exact) mass is 317 g/mol.